The van der Waals surface area contributed by atoms with Gasteiger partial charge in [-0.05, 0) is 26.0 Å². The first-order valence-electron chi connectivity index (χ1n) is 5.37. The molecule has 0 saturated carbocycles. The third-order valence-corrected chi connectivity index (χ3v) is 2.46. The van der Waals surface area contributed by atoms with Crippen molar-refractivity contribution in [1.82, 2.24) is 9.97 Å². The van der Waals surface area contributed by atoms with Crippen LogP contribution in [0, 0.1) is 13.8 Å². The van der Waals surface area contributed by atoms with Crippen molar-refractivity contribution in [2.24, 2.45) is 0 Å². The largest absolute Gasteiger partial charge is 0.417 e. The molecule has 1 aromatic heterocycles. The van der Waals surface area contributed by atoms with Gasteiger partial charge in [-0.25, -0.2) is 9.97 Å². The van der Waals surface area contributed by atoms with Crippen LogP contribution in [0.1, 0.15) is 17.0 Å². The molecule has 5 heteroatoms. The zero-order valence-corrected chi connectivity index (χ0v) is 9.92. The average molecular weight is 252 g/mol. The molecule has 0 atom stereocenters. The standard InChI is InChI=1S/C13H11F3N2/c1-8-7-9(2)18-12(17-8)10-5-3-4-6-11(10)13(14,15)16/h3-7H,1-2H3. The van der Waals surface area contributed by atoms with Crippen LogP contribution in [0.2, 0.25) is 0 Å². The highest BCUT2D eigenvalue weighted by molar-refractivity contribution is 5.61. The third-order valence-electron chi connectivity index (χ3n) is 2.46. The van der Waals surface area contributed by atoms with E-state index in [2.05, 4.69) is 9.97 Å². The summed E-state index contributed by atoms with van der Waals surface area (Å²) in [6.45, 7) is 3.46. The lowest BCUT2D eigenvalue weighted by Crippen LogP contribution is -2.08. The average Bonchev–Trinajstić information content (AvgIpc) is 2.26. The summed E-state index contributed by atoms with van der Waals surface area (Å²) >= 11 is 0. The van der Waals surface area contributed by atoms with E-state index in [9.17, 15) is 13.2 Å². The molecule has 2 nitrogen and oxygen atoms in total. The van der Waals surface area contributed by atoms with Crippen molar-refractivity contribution in [2.45, 2.75) is 20.0 Å². The zero-order chi connectivity index (χ0) is 13.3. The number of halogens is 3. The first-order valence-corrected chi connectivity index (χ1v) is 5.37. The molecule has 1 heterocycles. The van der Waals surface area contributed by atoms with Gasteiger partial charge >= 0.3 is 6.18 Å². The Labute approximate surface area is 103 Å². The highest BCUT2D eigenvalue weighted by Crippen LogP contribution is 2.35. The summed E-state index contributed by atoms with van der Waals surface area (Å²) in [6, 6.07) is 7.05. The van der Waals surface area contributed by atoms with Gasteiger partial charge in [0.25, 0.3) is 0 Å². The Bertz CT molecular complexity index is 556. The molecular weight excluding hydrogens is 241 g/mol. The van der Waals surface area contributed by atoms with Crippen molar-refractivity contribution in [1.29, 1.82) is 0 Å². The van der Waals surface area contributed by atoms with Gasteiger partial charge in [0.1, 0.15) is 0 Å². The molecule has 0 bridgehead atoms. The van der Waals surface area contributed by atoms with Crippen LogP contribution in [0.3, 0.4) is 0 Å². The molecule has 0 aliphatic heterocycles. The first-order chi connectivity index (χ1) is 8.38. The molecule has 0 fully saturated rings. The minimum Gasteiger partial charge on any atom is -0.233 e. The SMILES string of the molecule is Cc1cc(C)nc(-c2ccccc2C(F)(F)F)n1. The van der Waals surface area contributed by atoms with Crippen LogP contribution >= 0.6 is 0 Å². The van der Waals surface area contributed by atoms with E-state index in [4.69, 9.17) is 0 Å². The van der Waals surface area contributed by atoms with Crippen LogP contribution in [0.5, 0.6) is 0 Å². The third kappa shape index (κ3) is 2.50. The summed E-state index contributed by atoms with van der Waals surface area (Å²) in [4.78, 5) is 8.13. The van der Waals surface area contributed by atoms with Crippen LogP contribution in [0.25, 0.3) is 11.4 Å². The Morgan fingerprint density at radius 3 is 2.06 bits per heavy atom. The molecular formula is C13H11F3N2. The van der Waals surface area contributed by atoms with Gasteiger partial charge in [-0.2, -0.15) is 13.2 Å². The fraction of sp³-hybridized carbons (Fsp3) is 0.231. The first kappa shape index (κ1) is 12.5. The monoisotopic (exact) mass is 252 g/mol. The summed E-state index contributed by atoms with van der Waals surface area (Å²) in [5.74, 6) is 0.112. The van der Waals surface area contributed by atoms with Gasteiger partial charge in [0, 0.05) is 17.0 Å². The second kappa shape index (κ2) is 4.40. The van der Waals surface area contributed by atoms with E-state index < -0.39 is 11.7 Å². The number of aryl methyl sites for hydroxylation is 2. The maximum Gasteiger partial charge on any atom is 0.417 e. The molecule has 0 saturated heterocycles. The number of hydrogen-bond donors (Lipinski definition) is 0. The number of hydrogen-bond acceptors (Lipinski definition) is 2. The highest BCUT2D eigenvalue weighted by Gasteiger charge is 2.34. The lowest BCUT2D eigenvalue weighted by Gasteiger charge is -2.12. The van der Waals surface area contributed by atoms with E-state index in [1.807, 2.05) is 0 Å². The van der Waals surface area contributed by atoms with Crippen LogP contribution in [0.15, 0.2) is 30.3 Å². The van der Waals surface area contributed by atoms with Crippen LogP contribution in [-0.4, -0.2) is 9.97 Å². The number of aromatic nitrogens is 2. The maximum atomic E-state index is 12.9. The normalized spacial score (nSPS) is 11.6. The second-order valence-electron chi connectivity index (χ2n) is 4.02. The Morgan fingerprint density at radius 1 is 0.944 bits per heavy atom. The minimum absolute atomic E-state index is 0.0109. The molecule has 1 aromatic carbocycles. The Morgan fingerprint density at radius 2 is 1.50 bits per heavy atom. The molecule has 18 heavy (non-hydrogen) atoms. The zero-order valence-electron chi connectivity index (χ0n) is 9.92. The van der Waals surface area contributed by atoms with Crippen LogP contribution in [-0.2, 0) is 6.18 Å². The molecule has 0 unspecified atom stereocenters. The van der Waals surface area contributed by atoms with Crippen molar-refractivity contribution >= 4 is 0 Å². The Hall–Kier alpha value is -1.91. The van der Waals surface area contributed by atoms with Gasteiger partial charge in [0.15, 0.2) is 5.82 Å². The van der Waals surface area contributed by atoms with Gasteiger partial charge in [0.2, 0.25) is 0 Å². The molecule has 94 valence electrons. The van der Waals surface area contributed by atoms with Gasteiger partial charge in [0.05, 0.1) is 5.56 Å². The quantitative estimate of drug-likeness (QED) is 0.771. The fourth-order valence-corrected chi connectivity index (χ4v) is 1.77. The summed E-state index contributed by atoms with van der Waals surface area (Å²) in [5.41, 5.74) is 0.593. The van der Waals surface area contributed by atoms with E-state index >= 15 is 0 Å². The van der Waals surface area contributed by atoms with Crippen molar-refractivity contribution in [3.8, 4) is 11.4 Å². The Balaban J connectivity index is 2.64. The van der Waals surface area contributed by atoms with Crippen LogP contribution in [0.4, 0.5) is 13.2 Å². The summed E-state index contributed by atoms with van der Waals surface area (Å²) in [5, 5.41) is 0. The minimum atomic E-state index is -4.41. The summed E-state index contributed by atoms with van der Waals surface area (Å²) in [6.07, 6.45) is -4.41. The van der Waals surface area contributed by atoms with Gasteiger partial charge in [-0.15, -0.1) is 0 Å². The lowest BCUT2D eigenvalue weighted by molar-refractivity contribution is -0.137. The molecule has 0 N–H and O–H groups in total. The Kier molecular flexibility index (Phi) is 3.07. The number of alkyl halides is 3. The topological polar surface area (TPSA) is 25.8 Å². The van der Waals surface area contributed by atoms with Crippen LogP contribution < -0.4 is 0 Å². The van der Waals surface area contributed by atoms with Crippen molar-refractivity contribution in [3.05, 3.63) is 47.3 Å². The number of rotatable bonds is 1. The molecule has 0 amide bonds. The second-order valence-corrected chi connectivity index (χ2v) is 4.02. The highest BCUT2D eigenvalue weighted by atomic mass is 19.4. The van der Waals surface area contributed by atoms with E-state index in [1.54, 1.807) is 26.0 Å². The summed E-state index contributed by atoms with van der Waals surface area (Å²) < 4.78 is 38.6. The van der Waals surface area contributed by atoms with Gasteiger partial charge in [-0.1, -0.05) is 18.2 Å². The summed E-state index contributed by atoms with van der Waals surface area (Å²) in [7, 11) is 0. The lowest BCUT2D eigenvalue weighted by atomic mass is 10.1. The van der Waals surface area contributed by atoms with Gasteiger partial charge < -0.3 is 0 Å². The molecule has 0 aliphatic carbocycles. The molecule has 2 aromatic rings. The van der Waals surface area contributed by atoms with E-state index in [0.29, 0.717) is 11.4 Å². The fourth-order valence-electron chi connectivity index (χ4n) is 1.77. The van der Waals surface area contributed by atoms with Crippen molar-refractivity contribution in [2.75, 3.05) is 0 Å². The number of benzene rings is 1. The van der Waals surface area contributed by atoms with E-state index in [-0.39, 0.29) is 11.4 Å². The van der Waals surface area contributed by atoms with E-state index in [1.165, 1.54) is 12.1 Å². The van der Waals surface area contributed by atoms with Gasteiger partial charge in [-0.3, -0.25) is 0 Å². The molecule has 0 spiro atoms. The predicted molar refractivity (Wildman–Crippen MR) is 61.9 cm³/mol. The molecule has 0 radical (unpaired) electrons. The predicted octanol–water partition coefficient (Wildman–Crippen LogP) is 3.78. The maximum absolute atomic E-state index is 12.9. The van der Waals surface area contributed by atoms with Crippen molar-refractivity contribution < 1.29 is 13.2 Å². The smallest absolute Gasteiger partial charge is 0.233 e. The van der Waals surface area contributed by atoms with E-state index in [0.717, 1.165) is 6.07 Å². The molecule has 0 aliphatic rings. The number of nitrogens with zero attached hydrogens (tertiary/aromatic N) is 2. The van der Waals surface area contributed by atoms with Crippen molar-refractivity contribution in [3.63, 3.8) is 0 Å². The molecule has 2 rings (SSSR count).